The van der Waals surface area contributed by atoms with Crippen LogP contribution in [0.5, 0.6) is 0 Å². The fourth-order valence-corrected chi connectivity index (χ4v) is 0.788. The number of hydrogen-bond acceptors (Lipinski definition) is 4. The molecule has 0 radical (unpaired) electrons. The molecule has 0 fully saturated rings. The SMILES string of the molecule is COC(=O)c1nc(F)nc(F)c1Cl. The summed E-state index contributed by atoms with van der Waals surface area (Å²) in [5.41, 5.74) is -0.630. The highest BCUT2D eigenvalue weighted by molar-refractivity contribution is 6.33. The Kier molecular flexibility index (Phi) is 2.72. The van der Waals surface area contributed by atoms with Crippen molar-refractivity contribution in [3.05, 3.63) is 22.7 Å². The number of aromatic nitrogens is 2. The van der Waals surface area contributed by atoms with Crippen molar-refractivity contribution in [3.63, 3.8) is 0 Å². The van der Waals surface area contributed by atoms with Gasteiger partial charge in [0.15, 0.2) is 5.69 Å². The van der Waals surface area contributed by atoms with Gasteiger partial charge < -0.3 is 4.74 Å². The minimum atomic E-state index is -1.37. The van der Waals surface area contributed by atoms with E-state index in [-0.39, 0.29) is 0 Å². The van der Waals surface area contributed by atoms with Crippen LogP contribution in [0.3, 0.4) is 0 Å². The number of ether oxygens (including phenoxy) is 1. The van der Waals surface area contributed by atoms with Crippen LogP contribution >= 0.6 is 11.6 Å². The molecule has 1 heterocycles. The monoisotopic (exact) mass is 208 g/mol. The van der Waals surface area contributed by atoms with Crippen molar-refractivity contribution in [1.82, 2.24) is 9.97 Å². The predicted octanol–water partition coefficient (Wildman–Crippen LogP) is 1.19. The highest BCUT2D eigenvalue weighted by Gasteiger charge is 2.19. The van der Waals surface area contributed by atoms with Gasteiger partial charge in [-0.25, -0.2) is 4.79 Å². The van der Waals surface area contributed by atoms with E-state index < -0.39 is 28.7 Å². The summed E-state index contributed by atoms with van der Waals surface area (Å²) in [6, 6.07) is 0. The van der Waals surface area contributed by atoms with E-state index in [1.807, 2.05) is 0 Å². The second-order valence-corrected chi connectivity index (χ2v) is 2.32. The van der Waals surface area contributed by atoms with E-state index in [1.165, 1.54) is 0 Å². The molecule has 0 saturated carbocycles. The summed E-state index contributed by atoms with van der Waals surface area (Å²) in [4.78, 5) is 16.5. The van der Waals surface area contributed by atoms with Gasteiger partial charge in [-0.1, -0.05) is 11.6 Å². The quantitative estimate of drug-likeness (QED) is 0.395. The van der Waals surface area contributed by atoms with E-state index in [4.69, 9.17) is 11.6 Å². The fraction of sp³-hybridized carbons (Fsp3) is 0.167. The van der Waals surface area contributed by atoms with E-state index in [0.29, 0.717) is 0 Å². The van der Waals surface area contributed by atoms with Crippen LogP contribution in [0.1, 0.15) is 10.5 Å². The Morgan fingerprint density at radius 3 is 2.62 bits per heavy atom. The molecule has 0 atom stereocenters. The zero-order valence-corrected chi connectivity index (χ0v) is 7.10. The molecule has 4 nitrogen and oxygen atoms in total. The molecule has 1 aromatic rings. The van der Waals surface area contributed by atoms with Crippen LogP contribution in [-0.4, -0.2) is 23.0 Å². The van der Waals surface area contributed by atoms with Crippen LogP contribution in [-0.2, 0) is 4.74 Å². The number of methoxy groups -OCH3 is 1. The molecule has 0 saturated heterocycles. The molecule has 1 aromatic heterocycles. The molecule has 13 heavy (non-hydrogen) atoms. The molecule has 0 aliphatic heterocycles. The number of carbonyl (C=O) groups is 1. The van der Waals surface area contributed by atoms with Crippen molar-refractivity contribution >= 4 is 17.6 Å². The van der Waals surface area contributed by atoms with Crippen molar-refractivity contribution in [3.8, 4) is 0 Å². The normalized spacial score (nSPS) is 9.85. The second kappa shape index (κ2) is 3.61. The first-order chi connectivity index (χ1) is 6.06. The molecule has 0 spiro atoms. The lowest BCUT2D eigenvalue weighted by atomic mass is 10.4. The summed E-state index contributed by atoms with van der Waals surface area (Å²) < 4.78 is 29.2. The van der Waals surface area contributed by atoms with Crippen LogP contribution in [0.4, 0.5) is 8.78 Å². The molecule has 70 valence electrons. The number of esters is 1. The van der Waals surface area contributed by atoms with Gasteiger partial charge in [0.25, 0.3) is 0 Å². The van der Waals surface area contributed by atoms with Crippen molar-refractivity contribution in [2.24, 2.45) is 0 Å². The summed E-state index contributed by atoms with van der Waals surface area (Å²) in [6.07, 6.45) is -1.37. The van der Waals surface area contributed by atoms with E-state index in [1.54, 1.807) is 0 Å². The number of halogens is 3. The Balaban J connectivity index is 3.28. The summed E-state index contributed by atoms with van der Waals surface area (Å²) in [5, 5.41) is -0.659. The average molecular weight is 209 g/mol. The van der Waals surface area contributed by atoms with Crippen molar-refractivity contribution in [1.29, 1.82) is 0 Å². The number of nitrogens with zero attached hydrogens (tertiary/aromatic N) is 2. The maximum atomic E-state index is 12.6. The zero-order valence-electron chi connectivity index (χ0n) is 6.34. The first-order valence-corrected chi connectivity index (χ1v) is 3.41. The molecule has 0 aromatic carbocycles. The molecular weight excluding hydrogens is 206 g/mol. The Labute approximate surface area is 76.5 Å². The molecule has 0 bridgehead atoms. The number of carbonyl (C=O) groups excluding carboxylic acids is 1. The highest BCUT2D eigenvalue weighted by Crippen LogP contribution is 2.16. The molecule has 0 aliphatic carbocycles. The molecule has 0 amide bonds. The van der Waals surface area contributed by atoms with Crippen molar-refractivity contribution in [2.75, 3.05) is 7.11 Å². The smallest absolute Gasteiger partial charge is 0.358 e. The van der Waals surface area contributed by atoms with E-state index in [0.717, 1.165) is 7.11 Å². The first-order valence-electron chi connectivity index (χ1n) is 3.03. The van der Waals surface area contributed by atoms with Gasteiger partial charge in [-0.2, -0.15) is 18.7 Å². The van der Waals surface area contributed by atoms with Crippen molar-refractivity contribution < 1.29 is 18.3 Å². The lowest BCUT2D eigenvalue weighted by Gasteiger charge is -2.00. The first kappa shape index (κ1) is 9.79. The molecule has 0 unspecified atom stereocenters. The van der Waals surface area contributed by atoms with E-state index in [9.17, 15) is 13.6 Å². The van der Waals surface area contributed by atoms with Crippen LogP contribution in [0.15, 0.2) is 0 Å². The second-order valence-electron chi connectivity index (χ2n) is 1.94. The van der Waals surface area contributed by atoms with Gasteiger partial charge in [0, 0.05) is 0 Å². The van der Waals surface area contributed by atoms with Crippen LogP contribution < -0.4 is 0 Å². The Morgan fingerprint density at radius 2 is 2.08 bits per heavy atom. The largest absolute Gasteiger partial charge is 0.464 e. The zero-order chi connectivity index (χ0) is 10.0. The fourth-order valence-electron chi connectivity index (χ4n) is 0.626. The summed E-state index contributed by atoms with van der Waals surface area (Å²) in [7, 11) is 1.04. The summed E-state index contributed by atoms with van der Waals surface area (Å²) in [6.45, 7) is 0. The highest BCUT2D eigenvalue weighted by atomic mass is 35.5. The number of rotatable bonds is 1. The van der Waals surface area contributed by atoms with Crippen LogP contribution in [0, 0.1) is 12.0 Å². The third-order valence-corrected chi connectivity index (χ3v) is 1.50. The standard InChI is InChI=1S/C6H3ClF2N2O2/c1-13-5(12)3-2(7)4(8)11-6(9)10-3/h1H3. The topological polar surface area (TPSA) is 52.1 Å². The lowest BCUT2D eigenvalue weighted by molar-refractivity contribution is 0.0591. The Hall–Kier alpha value is -1.30. The van der Waals surface area contributed by atoms with Gasteiger partial charge >= 0.3 is 12.0 Å². The summed E-state index contributed by atoms with van der Waals surface area (Å²) in [5.74, 6) is -2.32. The maximum absolute atomic E-state index is 12.6. The van der Waals surface area contributed by atoms with Gasteiger partial charge in [-0.15, -0.1) is 0 Å². The summed E-state index contributed by atoms with van der Waals surface area (Å²) >= 11 is 5.27. The van der Waals surface area contributed by atoms with Crippen molar-refractivity contribution in [2.45, 2.75) is 0 Å². The Morgan fingerprint density at radius 1 is 1.46 bits per heavy atom. The molecule has 0 N–H and O–H groups in total. The number of hydrogen-bond donors (Lipinski definition) is 0. The molecule has 7 heteroatoms. The van der Waals surface area contributed by atoms with E-state index >= 15 is 0 Å². The van der Waals surface area contributed by atoms with Crippen LogP contribution in [0.25, 0.3) is 0 Å². The molecule has 0 aliphatic rings. The Bertz CT molecular complexity index is 359. The lowest BCUT2D eigenvalue weighted by Crippen LogP contribution is -2.09. The van der Waals surface area contributed by atoms with Crippen LogP contribution in [0.2, 0.25) is 5.02 Å². The molecule has 1 rings (SSSR count). The minimum Gasteiger partial charge on any atom is -0.464 e. The van der Waals surface area contributed by atoms with Gasteiger partial charge in [0.1, 0.15) is 5.02 Å². The van der Waals surface area contributed by atoms with Gasteiger partial charge in [0.2, 0.25) is 5.95 Å². The average Bonchev–Trinajstić information content (AvgIpc) is 2.10. The minimum absolute atomic E-state index is 0.630. The van der Waals surface area contributed by atoms with Gasteiger partial charge in [-0.3, -0.25) is 0 Å². The predicted molar refractivity (Wildman–Crippen MR) is 38.3 cm³/mol. The molecular formula is C6H3ClF2N2O2. The van der Waals surface area contributed by atoms with Gasteiger partial charge in [0.05, 0.1) is 7.11 Å². The third kappa shape index (κ3) is 1.89. The maximum Gasteiger partial charge on any atom is 0.358 e. The third-order valence-electron chi connectivity index (χ3n) is 1.16. The van der Waals surface area contributed by atoms with E-state index in [2.05, 4.69) is 14.7 Å². The van der Waals surface area contributed by atoms with Gasteiger partial charge in [-0.05, 0) is 0 Å².